The molecule has 1 heterocycles. The van der Waals surface area contributed by atoms with Gasteiger partial charge in [-0.25, -0.2) is 0 Å². The van der Waals surface area contributed by atoms with Gasteiger partial charge in [-0.15, -0.1) is 0 Å². The Morgan fingerprint density at radius 1 is 1.33 bits per heavy atom. The van der Waals surface area contributed by atoms with E-state index in [1.54, 1.807) is 11.8 Å². The third-order valence-corrected chi connectivity index (χ3v) is 3.57. The predicted molar refractivity (Wildman–Crippen MR) is 68.4 cm³/mol. The maximum absolute atomic E-state index is 5.93. The van der Waals surface area contributed by atoms with Gasteiger partial charge in [0.25, 0.3) is 0 Å². The van der Waals surface area contributed by atoms with Gasteiger partial charge in [0.05, 0.1) is 0 Å². The van der Waals surface area contributed by atoms with Crippen LogP contribution in [-0.4, -0.2) is 40.5 Å². The van der Waals surface area contributed by atoms with Crippen LogP contribution in [0.25, 0.3) is 0 Å². The van der Waals surface area contributed by atoms with Gasteiger partial charge in [-0.3, -0.25) is 4.90 Å². The number of thioether (sulfide) groups is 1. The molecule has 0 amide bonds. The van der Waals surface area contributed by atoms with E-state index in [1.165, 1.54) is 0 Å². The van der Waals surface area contributed by atoms with Gasteiger partial charge in [0, 0.05) is 31.4 Å². The van der Waals surface area contributed by atoms with Crippen LogP contribution < -0.4 is 5.73 Å². The SMILES string of the molecule is CC(C)N(CCN1C=CSC1N)C(C)C. The summed E-state index contributed by atoms with van der Waals surface area (Å²) in [6.07, 6.45) is 2.09. The van der Waals surface area contributed by atoms with Gasteiger partial charge in [-0.2, -0.15) is 0 Å². The first-order valence-corrected chi connectivity index (χ1v) is 6.56. The summed E-state index contributed by atoms with van der Waals surface area (Å²) in [6.45, 7) is 11.1. The average Bonchev–Trinajstić information content (AvgIpc) is 2.51. The van der Waals surface area contributed by atoms with E-state index in [4.69, 9.17) is 5.73 Å². The summed E-state index contributed by atoms with van der Waals surface area (Å²) in [7, 11) is 0. The third-order valence-electron chi connectivity index (χ3n) is 2.74. The van der Waals surface area contributed by atoms with Crippen molar-refractivity contribution in [2.45, 2.75) is 45.3 Å². The van der Waals surface area contributed by atoms with E-state index < -0.39 is 0 Å². The standard InChI is InChI=1S/C11H23N3S/c1-9(2)14(10(3)4)6-5-13-7-8-15-11(13)12/h7-11H,5-6,12H2,1-4H3. The van der Waals surface area contributed by atoms with Crippen molar-refractivity contribution >= 4 is 11.8 Å². The van der Waals surface area contributed by atoms with Crippen molar-refractivity contribution in [3.05, 3.63) is 11.6 Å². The number of nitrogens with zero attached hydrogens (tertiary/aromatic N) is 2. The van der Waals surface area contributed by atoms with Gasteiger partial charge in [0.15, 0.2) is 0 Å². The summed E-state index contributed by atoms with van der Waals surface area (Å²) in [6, 6.07) is 1.20. The summed E-state index contributed by atoms with van der Waals surface area (Å²) in [5, 5.41) is 2.07. The molecule has 2 N–H and O–H groups in total. The monoisotopic (exact) mass is 229 g/mol. The molecule has 3 nitrogen and oxygen atoms in total. The van der Waals surface area contributed by atoms with Crippen molar-refractivity contribution in [1.29, 1.82) is 0 Å². The van der Waals surface area contributed by atoms with Gasteiger partial charge in [0.1, 0.15) is 5.50 Å². The molecule has 1 unspecified atom stereocenters. The fraction of sp³-hybridized carbons (Fsp3) is 0.818. The zero-order chi connectivity index (χ0) is 11.4. The molecule has 0 spiro atoms. The molecule has 0 bridgehead atoms. The highest BCUT2D eigenvalue weighted by Gasteiger charge is 2.18. The first kappa shape index (κ1) is 12.9. The van der Waals surface area contributed by atoms with Gasteiger partial charge in [-0.05, 0) is 33.1 Å². The summed E-state index contributed by atoms with van der Waals surface area (Å²) < 4.78 is 0. The van der Waals surface area contributed by atoms with E-state index in [9.17, 15) is 0 Å². The maximum Gasteiger partial charge on any atom is 0.129 e. The number of nitrogens with two attached hydrogens (primary N) is 1. The Hall–Kier alpha value is -0.190. The fourth-order valence-electron chi connectivity index (χ4n) is 1.90. The van der Waals surface area contributed by atoms with Crippen molar-refractivity contribution in [2.24, 2.45) is 5.73 Å². The second kappa shape index (κ2) is 5.77. The molecule has 1 rings (SSSR count). The Morgan fingerprint density at radius 3 is 2.33 bits per heavy atom. The minimum absolute atomic E-state index is 0.117. The minimum atomic E-state index is 0.117. The van der Waals surface area contributed by atoms with Crippen LogP contribution in [0.2, 0.25) is 0 Å². The first-order chi connectivity index (χ1) is 7.02. The van der Waals surface area contributed by atoms with Crippen LogP contribution >= 0.6 is 11.8 Å². The summed E-state index contributed by atoms with van der Waals surface area (Å²) in [5.74, 6) is 0. The Balaban J connectivity index is 2.36. The van der Waals surface area contributed by atoms with Crippen LogP contribution in [0.1, 0.15) is 27.7 Å². The molecule has 0 fully saturated rings. The van der Waals surface area contributed by atoms with E-state index in [1.807, 2.05) is 0 Å². The molecule has 1 atom stereocenters. The number of rotatable bonds is 5. The molecule has 0 saturated heterocycles. The minimum Gasteiger partial charge on any atom is -0.352 e. The van der Waals surface area contributed by atoms with Gasteiger partial charge < -0.3 is 10.6 Å². The van der Waals surface area contributed by atoms with Crippen LogP contribution in [0, 0.1) is 0 Å². The van der Waals surface area contributed by atoms with Gasteiger partial charge in [-0.1, -0.05) is 11.8 Å². The molecule has 1 aliphatic heterocycles. The molecular weight excluding hydrogens is 206 g/mol. The zero-order valence-electron chi connectivity index (χ0n) is 10.2. The van der Waals surface area contributed by atoms with Crippen LogP contribution in [0.15, 0.2) is 11.6 Å². The largest absolute Gasteiger partial charge is 0.352 e. The number of hydrogen-bond acceptors (Lipinski definition) is 4. The lowest BCUT2D eigenvalue weighted by Crippen LogP contribution is -2.44. The van der Waals surface area contributed by atoms with Gasteiger partial charge in [0.2, 0.25) is 0 Å². The summed E-state index contributed by atoms with van der Waals surface area (Å²) in [4.78, 5) is 4.69. The lowest BCUT2D eigenvalue weighted by Gasteiger charge is -2.33. The van der Waals surface area contributed by atoms with Crippen LogP contribution in [0.3, 0.4) is 0 Å². The van der Waals surface area contributed by atoms with E-state index in [0.717, 1.165) is 13.1 Å². The topological polar surface area (TPSA) is 32.5 Å². The van der Waals surface area contributed by atoms with Crippen molar-refractivity contribution in [1.82, 2.24) is 9.80 Å². The van der Waals surface area contributed by atoms with E-state index >= 15 is 0 Å². The molecule has 0 aromatic carbocycles. The van der Waals surface area contributed by atoms with Crippen molar-refractivity contribution in [3.8, 4) is 0 Å². The van der Waals surface area contributed by atoms with Crippen LogP contribution in [0.5, 0.6) is 0 Å². The normalized spacial score (nSPS) is 21.3. The first-order valence-electron chi connectivity index (χ1n) is 5.61. The van der Waals surface area contributed by atoms with Crippen LogP contribution in [0.4, 0.5) is 0 Å². The van der Waals surface area contributed by atoms with E-state index in [2.05, 4.69) is 49.1 Å². The van der Waals surface area contributed by atoms with Gasteiger partial charge >= 0.3 is 0 Å². The lowest BCUT2D eigenvalue weighted by atomic mass is 10.2. The quantitative estimate of drug-likeness (QED) is 0.780. The molecule has 88 valence electrons. The molecule has 0 aromatic rings. The zero-order valence-corrected chi connectivity index (χ0v) is 11.0. The third kappa shape index (κ3) is 3.70. The molecule has 0 saturated carbocycles. The number of hydrogen-bond donors (Lipinski definition) is 1. The smallest absolute Gasteiger partial charge is 0.129 e. The predicted octanol–water partition coefficient (Wildman–Crippen LogP) is 1.87. The maximum atomic E-state index is 5.93. The van der Waals surface area contributed by atoms with Crippen molar-refractivity contribution in [3.63, 3.8) is 0 Å². The molecule has 0 radical (unpaired) electrons. The Morgan fingerprint density at radius 2 is 1.93 bits per heavy atom. The Kier molecular flexibility index (Phi) is 4.96. The summed E-state index contributed by atoms with van der Waals surface area (Å²) >= 11 is 1.68. The highest BCUT2D eigenvalue weighted by Crippen LogP contribution is 2.20. The Labute approximate surface area is 97.7 Å². The van der Waals surface area contributed by atoms with Crippen molar-refractivity contribution < 1.29 is 0 Å². The molecule has 0 aromatic heterocycles. The molecule has 0 aliphatic carbocycles. The lowest BCUT2D eigenvalue weighted by molar-refractivity contribution is 0.156. The van der Waals surface area contributed by atoms with E-state index in [0.29, 0.717) is 12.1 Å². The Bertz CT molecular complexity index is 208. The second-order valence-electron chi connectivity index (χ2n) is 4.47. The van der Waals surface area contributed by atoms with Crippen LogP contribution in [-0.2, 0) is 0 Å². The highest BCUT2D eigenvalue weighted by atomic mass is 32.2. The molecule has 15 heavy (non-hydrogen) atoms. The molecule has 4 heteroatoms. The van der Waals surface area contributed by atoms with E-state index in [-0.39, 0.29) is 5.50 Å². The van der Waals surface area contributed by atoms with Crippen molar-refractivity contribution in [2.75, 3.05) is 13.1 Å². The summed E-state index contributed by atoms with van der Waals surface area (Å²) in [5.41, 5.74) is 6.04. The average molecular weight is 229 g/mol. The highest BCUT2D eigenvalue weighted by molar-refractivity contribution is 8.02. The molecule has 1 aliphatic rings. The molecular formula is C11H23N3S. The second-order valence-corrected chi connectivity index (χ2v) is 5.50. The fourth-order valence-corrected chi connectivity index (χ4v) is 2.62.